The van der Waals surface area contributed by atoms with Gasteiger partial charge in [0.15, 0.2) is 5.76 Å². The first-order valence-electron chi connectivity index (χ1n) is 6.44. The van der Waals surface area contributed by atoms with Crippen LogP contribution in [0.4, 0.5) is 0 Å². The second kappa shape index (κ2) is 6.59. The van der Waals surface area contributed by atoms with E-state index in [1.54, 1.807) is 19.1 Å². The van der Waals surface area contributed by atoms with Gasteiger partial charge in [0.2, 0.25) is 0 Å². The molecule has 0 aliphatic rings. The normalized spacial score (nSPS) is 12.2. The number of halogens is 1. The molecule has 0 radical (unpaired) electrons. The van der Waals surface area contributed by atoms with Crippen LogP contribution in [0.5, 0.6) is 0 Å². The van der Waals surface area contributed by atoms with Crippen molar-refractivity contribution < 1.29 is 9.21 Å². The van der Waals surface area contributed by atoms with Crippen LogP contribution in [-0.4, -0.2) is 12.5 Å². The fourth-order valence-electron chi connectivity index (χ4n) is 1.78. The Hall–Kier alpha value is -1.78. The molecule has 1 unspecified atom stereocenters. The van der Waals surface area contributed by atoms with E-state index in [1.165, 1.54) is 0 Å². The number of benzene rings is 1. The average Bonchev–Trinajstić information content (AvgIpc) is 2.91. The number of nitrogens with one attached hydrogen (secondary N) is 1. The predicted molar refractivity (Wildman–Crippen MR) is 78.8 cm³/mol. The molecule has 5 heteroatoms. The number of carbonyl (C=O) groups excluding carboxylic acids is 1. The average molecular weight is 293 g/mol. The van der Waals surface area contributed by atoms with E-state index in [-0.39, 0.29) is 17.7 Å². The van der Waals surface area contributed by atoms with Crippen LogP contribution >= 0.6 is 11.6 Å². The number of amides is 1. The summed E-state index contributed by atoms with van der Waals surface area (Å²) in [6.45, 7) is 2.34. The largest absolute Gasteiger partial charge is 0.454 e. The highest BCUT2D eigenvalue weighted by molar-refractivity contribution is 6.30. The lowest BCUT2D eigenvalue weighted by Crippen LogP contribution is -2.25. The van der Waals surface area contributed by atoms with Crippen molar-refractivity contribution in [1.29, 1.82) is 0 Å². The van der Waals surface area contributed by atoms with Gasteiger partial charge in [-0.2, -0.15) is 0 Å². The molecule has 106 valence electrons. The topological polar surface area (TPSA) is 68.3 Å². The highest BCUT2D eigenvalue weighted by Crippen LogP contribution is 2.14. The second-order valence-corrected chi connectivity index (χ2v) is 5.06. The van der Waals surface area contributed by atoms with E-state index in [9.17, 15) is 4.79 Å². The standard InChI is InChI=1S/C15H17ClN2O2/c1-10(17)13-6-7-14(20-13)15(19)18-9-8-11-2-4-12(16)5-3-11/h2-7,10H,8-9,17H2,1H3,(H,18,19). The van der Waals surface area contributed by atoms with Crippen LogP contribution in [0.2, 0.25) is 5.02 Å². The number of furan rings is 1. The van der Waals surface area contributed by atoms with Gasteiger partial charge in [-0.1, -0.05) is 23.7 Å². The zero-order valence-electron chi connectivity index (χ0n) is 11.2. The van der Waals surface area contributed by atoms with Gasteiger partial charge in [-0.05, 0) is 43.2 Å². The first-order chi connectivity index (χ1) is 9.56. The molecule has 4 nitrogen and oxygen atoms in total. The molecule has 1 aromatic carbocycles. The molecule has 0 aliphatic heterocycles. The van der Waals surface area contributed by atoms with Crippen LogP contribution < -0.4 is 11.1 Å². The second-order valence-electron chi connectivity index (χ2n) is 4.62. The number of hydrogen-bond acceptors (Lipinski definition) is 3. The van der Waals surface area contributed by atoms with E-state index in [2.05, 4.69) is 5.32 Å². The molecule has 2 rings (SSSR count). The Morgan fingerprint density at radius 2 is 2.00 bits per heavy atom. The Balaban J connectivity index is 1.84. The molecule has 0 fully saturated rings. The number of carbonyl (C=O) groups is 1. The summed E-state index contributed by atoms with van der Waals surface area (Å²) in [6, 6.07) is 10.7. The Labute approximate surface area is 122 Å². The maximum atomic E-state index is 11.9. The molecule has 20 heavy (non-hydrogen) atoms. The van der Waals surface area contributed by atoms with Gasteiger partial charge >= 0.3 is 0 Å². The van der Waals surface area contributed by atoms with Gasteiger partial charge in [-0.15, -0.1) is 0 Å². The lowest BCUT2D eigenvalue weighted by molar-refractivity contribution is 0.0924. The summed E-state index contributed by atoms with van der Waals surface area (Å²) >= 11 is 5.81. The fourth-order valence-corrected chi connectivity index (χ4v) is 1.90. The molecule has 1 aromatic heterocycles. The molecule has 1 atom stereocenters. The van der Waals surface area contributed by atoms with Crippen LogP contribution in [0.15, 0.2) is 40.8 Å². The van der Waals surface area contributed by atoms with Crippen LogP contribution in [0.1, 0.15) is 34.8 Å². The maximum absolute atomic E-state index is 11.9. The molecule has 0 bridgehead atoms. The summed E-state index contributed by atoms with van der Waals surface area (Å²) in [5, 5.41) is 3.51. The summed E-state index contributed by atoms with van der Waals surface area (Å²) in [7, 11) is 0. The van der Waals surface area contributed by atoms with Crippen molar-refractivity contribution in [3.63, 3.8) is 0 Å². The van der Waals surface area contributed by atoms with Gasteiger partial charge < -0.3 is 15.5 Å². The Morgan fingerprint density at radius 3 is 2.60 bits per heavy atom. The van der Waals surface area contributed by atoms with E-state index < -0.39 is 0 Å². The molecular weight excluding hydrogens is 276 g/mol. The maximum Gasteiger partial charge on any atom is 0.287 e. The van der Waals surface area contributed by atoms with Gasteiger partial charge in [-0.3, -0.25) is 4.79 Å². The van der Waals surface area contributed by atoms with Gasteiger partial charge in [-0.25, -0.2) is 0 Å². The van der Waals surface area contributed by atoms with Crippen molar-refractivity contribution >= 4 is 17.5 Å². The summed E-state index contributed by atoms with van der Waals surface area (Å²) < 4.78 is 5.37. The predicted octanol–water partition coefficient (Wildman–Crippen LogP) is 2.93. The van der Waals surface area contributed by atoms with Gasteiger partial charge in [0.25, 0.3) is 5.91 Å². The third-order valence-corrected chi connectivity index (χ3v) is 3.16. The van der Waals surface area contributed by atoms with E-state index in [0.29, 0.717) is 17.3 Å². The summed E-state index contributed by atoms with van der Waals surface area (Å²) in [5.41, 5.74) is 6.80. The van der Waals surface area contributed by atoms with Crippen molar-refractivity contribution in [2.75, 3.05) is 6.54 Å². The van der Waals surface area contributed by atoms with Crippen LogP contribution in [-0.2, 0) is 6.42 Å². The molecule has 1 heterocycles. The monoisotopic (exact) mass is 292 g/mol. The van der Waals surface area contributed by atoms with Crippen molar-refractivity contribution in [2.24, 2.45) is 5.73 Å². The lowest BCUT2D eigenvalue weighted by Gasteiger charge is -2.04. The van der Waals surface area contributed by atoms with E-state index in [4.69, 9.17) is 21.8 Å². The first kappa shape index (κ1) is 14.6. The van der Waals surface area contributed by atoms with Crippen LogP contribution in [0.3, 0.4) is 0 Å². The third kappa shape index (κ3) is 3.85. The van der Waals surface area contributed by atoms with E-state index >= 15 is 0 Å². The summed E-state index contributed by atoms with van der Waals surface area (Å²) in [6.07, 6.45) is 0.740. The lowest BCUT2D eigenvalue weighted by atomic mass is 10.1. The van der Waals surface area contributed by atoms with Gasteiger partial charge in [0, 0.05) is 11.6 Å². The number of rotatable bonds is 5. The quantitative estimate of drug-likeness (QED) is 0.890. The van der Waals surface area contributed by atoms with Gasteiger partial charge in [0.05, 0.1) is 6.04 Å². The van der Waals surface area contributed by atoms with Crippen LogP contribution in [0.25, 0.3) is 0 Å². The smallest absolute Gasteiger partial charge is 0.287 e. The molecule has 2 aromatic rings. The Kier molecular flexibility index (Phi) is 4.82. The zero-order chi connectivity index (χ0) is 14.5. The van der Waals surface area contributed by atoms with E-state index in [1.807, 2.05) is 24.3 Å². The molecule has 1 amide bonds. The van der Waals surface area contributed by atoms with Gasteiger partial charge in [0.1, 0.15) is 5.76 Å². The number of hydrogen-bond donors (Lipinski definition) is 2. The zero-order valence-corrected chi connectivity index (χ0v) is 12.0. The highest BCUT2D eigenvalue weighted by atomic mass is 35.5. The minimum Gasteiger partial charge on any atom is -0.454 e. The van der Waals surface area contributed by atoms with Crippen molar-refractivity contribution in [2.45, 2.75) is 19.4 Å². The highest BCUT2D eigenvalue weighted by Gasteiger charge is 2.12. The fraction of sp³-hybridized carbons (Fsp3) is 0.267. The summed E-state index contributed by atoms with van der Waals surface area (Å²) in [5.74, 6) is 0.659. The van der Waals surface area contributed by atoms with Crippen molar-refractivity contribution in [1.82, 2.24) is 5.32 Å². The molecule has 0 aliphatic carbocycles. The Morgan fingerprint density at radius 1 is 1.30 bits per heavy atom. The van der Waals surface area contributed by atoms with Crippen molar-refractivity contribution in [3.8, 4) is 0 Å². The van der Waals surface area contributed by atoms with Crippen molar-refractivity contribution in [3.05, 3.63) is 58.5 Å². The Bertz CT molecular complexity index is 576. The third-order valence-electron chi connectivity index (χ3n) is 2.91. The minimum atomic E-state index is -0.231. The minimum absolute atomic E-state index is 0.217. The summed E-state index contributed by atoms with van der Waals surface area (Å²) in [4.78, 5) is 11.9. The molecule has 0 spiro atoms. The number of nitrogens with two attached hydrogens (primary N) is 1. The molecular formula is C15H17ClN2O2. The SMILES string of the molecule is CC(N)c1ccc(C(=O)NCCc2ccc(Cl)cc2)o1. The first-order valence-corrected chi connectivity index (χ1v) is 6.82. The van der Waals surface area contributed by atoms with E-state index in [0.717, 1.165) is 12.0 Å². The van der Waals surface area contributed by atoms with Crippen LogP contribution in [0, 0.1) is 0 Å². The molecule has 3 N–H and O–H groups in total. The molecule has 0 saturated carbocycles. The molecule has 0 saturated heterocycles.